The van der Waals surface area contributed by atoms with Crippen LogP contribution in [0.4, 0.5) is 0 Å². The highest BCUT2D eigenvalue weighted by Gasteiger charge is 2.21. The van der Waals surface area contributed by atoms with E-state index in [1.165, 1.54) is 16.3 Å². The summed E-state index contributed by atoms with van der Waals surface area (Å²) in [6.45, 7) is 8.76. The van der Waals surface area contributed by atoms with Gasteiger partial charge >= 0.3 is 0 Å². The highest BCUT2D eigenvalue weighted by atomic mass is 127. The average molecular weight is 481 g/mol. The van der Waals surface area contributed by atoms with Gasteiger partial charge in [0.2, 0.25) is 0 Å². The Labute approximate surface area is 180 Å². The van der Waals surface area contributed by atoms with Crippen molar-refractivity contribution in [2.45, 2.75) is 39.2 Å². The van der Waals surface area contributed by atoms with Gasteiger partial charge in [-0.3, -0.25) is 4.99 Å². The molecule has 0 aromatic heterocycles. The van der Waals surface area contributed by atoms with E-state index in [9.17, 15) is 0 Å². The van der Waals surface area contributed by atoms with Crippen LogP contribution in [0.5, 0.6) is 0 Å². The molecule has 0 spiro atoms. The first-order chi connectivity index (χ1) is 12.8. The molecule has 1 aliphatic heterocycles. The number of benzene rings is 2. The van der Waals surface area contributed by atoms with E-state index >= 15 is 0 Å². The molecule has 1 aliphatic rings. The van der Waals surface area contributed by atoms with Crippen LogP contribution in [0.1, 0.15) is 32.3 Å². The minimum absolute atomic E-state index is 0. The fourth-order valence-corrected chi connectivity index (χ4v) is 3.69. The Kier molecular flexibility index (Phi) is 9.34. The minimum Gasteiger partial charge on any atom is -0.378 e. The number of guanidine groups is 1. The van der Waals surface area contributed by atoms with E-state index in [0.717, 1.165) is 58.0 Å². The zero-order chi connectivity index (χ0) is 18.2. The lowest BCUT2D eigenvalue weighted by Crippen LogP contribution is -2.47. The van der Waals surface area contributed by atoms with Crippen LogP contribution < -0.4 is 5.32 Å². The van der Waals surface area contributed by atoms with Crippen LogP contribution >= 0.6 is 24.0 Å². The van der Waals surface area contributed by atoms with Gasteiger partial charge in [-0.15, -0.1) is 24.0 Å². The van der Waals surface area contributed by atoms with Gasteiger partial charge in [0, 0.05) is 32.8 Å². The molecular weight excluding hydrogens is 449 g/mol. The molecule has 0 unspecified atom stereocenters. The molecule has 2 aromatic carbocycles. The summed E-state index contributed by atoms with van der Waals surface area (Å²) in [5, 5.41) is 6.10. The van der Waals surface area contributed by atoms with Crippen molar-refractivity contribution in [2.75, 3.05) is 32.8 Å². The van der Waals surface area contributed by atoms with Crippen molar-refractivity contribution in [3.8, 4) is 0 Å². The molecule has 1 fully saturated rings. The Hall–Kier alpha value is -1.34. The summed E-state index contributed by atoms with van der Waals surface area (Å²) in [5.41, 5.74) is 1.37. The summed E-state index contributed by atoms with van der Waals surface area (Å²) < 4.78 is 5.76. The molecule has 27 heavy (non-hydrogen) atoms. The van der Waals surface area contributed by atoms with Crippen molar-refractivity contribution in [2.24, 2.45) is 4.99 Å². The first kappa shape index (κ1) is 22.0. The number of aliphatic imine (C=N–C) groups is 1. The zero-order valence-electron chi connectivity index (χ0n) is 16.5. The maximum absolute atomic E-state index is 5.76. The lowest BCUT2D eigenvalue weighted by atomic mass is 10.0. The number of rotatable bonds is 6. The molecule has 0 aliphatic carbocycles. The first-order valence-corrected chi connectivity index (χ1v) is 9.93. The van der Waals surface area contributed by atoms with Crippen LogP contribution in [0.25, 0.3) is 10.8 Å². The standard InChI is InChI=1S/C22H31N3O.HI/c1-3-23-22(25-16-13-20(14-17-25)26-4-2)24-15-12-19-10-7-9-18-8-5-6-11-21(18)19;/h5-11,20H,3-4,12-17H2,1-2H3,(H,23,24);1H. The molecule has 4 nitrogen and oxygen atoms in total. The third-order valence-corrected chi connectivity index (χ3v) is 5.00. The second kappa shape index (κ2) is 11.5. The summed E-state index contributed by atoms with van der Waals surface area (Å²) in [6, 6.07) is 15.1. The van der Waals surface area contributed by atoms with E-state index in [4.69, 9.17) is 9.73 Å². The predicted molar refractivity (Wildman–Crippen MR) is 125 cm³/mol. The van der Waals surface area contributed by atoms with Crippen LogP contribution in [-0.4, -0.2) is 49.7 Å². The number of nitrogens with one attached hydrogen (secondary N) is 1. The van der Waals surface area contributed by atoms with E-state index < -0.39 is 0 Å². The summed E-state index contributed by atoms with van der Waals surface area (Å²) in [7, 11) is 0. The third kappa shape index (κ3) is 6.07. The maximum Gasteiger partial charge on any atom is 0.193 e. The molecule has 1 saturated heterocycles. The molecule has 0 radical (unpaired) electrons. The number of likely N-dealkylation sites (tertiary alicyclic amines) is 1. The van der Waals surface area contributed by atoms with Crippen molar-refractivity contribution in [1.29, 1.82) is 0 Å². The van der Waals surface area contributed by atoms with Gasteiger partial charge in [-0.25, -0.2) is 0 Å². The van der Waals surface area contributed by atoms with Crippen molar-refractivity contribution in [3.63, 3.8) is 0 Å². The highest BCUT2D eigenvalue weighted by molar-refractivity contribution is 14.0. The number of halogens is 1. The van der Waals surface area contributed by atoms with Gasteiger partial charge in [0.25, 0.3) is 0 Å². The first-order valence-electron chi connectivity index (χ1n) is 9.93. The van der Waals surface area contributed by atoms with E-state index in [-0.39, 0.29) is 24.0 Å². The van der Waals surface area contributed by atoms with E-state index in [0.29, 0.717) is 6.10 Å². The molecule has 0 amide bonds. The van der Waals surface area contributed by atoms with Crippen molar-refractivity contribution >= 4 is 40.7 Å². The van der Waals surface area contributed by atoms with Crippen LogP contribution in [-0.2, 0) is 11.2 Å². The summed E-state index contributed by atoms with van der Waals surface area (Å²) in [4.78, 5) is 7.28. The molecule has 1 N–H and O–H groups in total. The molecule has 0 atom stereocenters. The number of ether oxygens (including phenoxy) is 1. The Morgan fingerprint density at radius 1 is 1.11 bits per heavy atom. The topological polar surface area (TPSA) is 36.9 Å². The Morgan fingerprint density at radius 3 is 2.59 bits per heavy atom. The van der Waals surface area contributed by atoms with Gasteiger partial charge in [0.1, 0.15) is 0 Å². The van der Waals surface area contributed by atoms with Crippen molar-refractivity contribution < 1.29 is 4.74 Å². The van der Waals surface area contributed by atoms with Gasteiger partial charge in [-0.1, -0.05) is 42.5 Å². The third-order valence-electron chi connectivity index (χ3n) is 5.00. The fourth-order valence-electron chi connectivity index (χ4n) is 3.69. The minimum atomic E-state index is 0. The number of nitrogens with zero attached hydrogens (tertiary/aromatic N) is 2. The lowest BCUT2D eigenvalue weighted by Gasteiger charge is -2.34. The molecule has 0 saturated carbocycles. The Balaban J connectivity index is 0.00000261. The van der Waals surface area contributed by atoms with Gasteiger partial charge in [0.05, 0.1) is 6.10 Å². The second-order valence-electron chi connectivity index (χ2n) is 6.77. The SMILES string of the molecule is CCNC(=NCCc1cccc2ccccc12)N1CCC(OCC)CC1.I. The van der Waals surface area contributed by atoms with E-state index in [1.807, 2.05) is 0 Å². The monoisotopic (exact) mass is 481 g/mol. The van der Waals surface area contributed by atoms with Gasteiger partial charge in [0.15, 0.2) is 5.96 Å². The largest absolute Gasteiger partial charge is 0.378 e. The molecule has 3 rings (SSSR count). The van der Waals surface area contributed by atoms with Crippen LogP contribution in [0.3, 0.4) is 0 Å². The van der Waals surface area contributed by atoms with Crippen LogP contribution in [0.2, 0.25) is 0 Å². The molecule has 0 bridgehead atoms. The molecular formula is C22H32IN3O. The summed E-state index contributed by atoms with van der Waals surface area (Å²) >= 11 is 0. The van der Waals surface area contributed by atoms with Gasteiger partial charge in [-0.2, -0.15) is 0 Å². The van der Waals surface area contributed by atoms with Crippen LogP contribution in [0, 0.1) is 0 Å². The normalized spacial score (nSPS) is 15.6. The van der Waals surface area contributed by atoms with Gasteiger partial charge in [-0.05, 0) is 49.4 Å². The number of piperidine rings is 1. The van der Waals surface area contributed by atoms with Crippen molar-refractivity contribution in [3.05, 3.63) is 48.0 Å². The van der Waals surface area contributed by atoms with Crippen molar-refractivity contribution in [1.82, 2.24) is 10.2 Å². The molecule has 5 heteroatoms. The smallest absolute Gasteiger partial charge is 0.193 e. The van der Waals surface area contributed by atoms with Crippen LogP contribution in [0.15, 0.2) is 47.5 Å². The number of hydrogen-bond donors (Lipinski definition) is 1. The molecule has 148 valence electrons. The number of fused-ring (bicyclic) bond motifs is 1. The fraction of sp³-hybridized carbons (Fsp3) is 0.500. The Morgan fingerprint density at radius 2 is 1.85 bits per heavy atom. The van der Waals surface area contributed by atoms with E-state index in [1.54, 1.807) is 0 Å². The number of hydrogen-bond acceptors (Lipinski definition) is 2. The molecule has 1 heterocycles. The average Bonchev–Trinajstić information content (AvgIpc) is 2.68. The maximum atomic E-state index is 5.76. The lowest BCUT2D eigenvalue weighted by molar-refractivity contribution is 0.0264. The zero-order valence-corrected chi connectivity index (χ0v) is 18.8. The quantitative estimate of drug-likeness (QED) is 0.376. The predicted octanol–water partition coefficient (Wildman–Crippen LogP) is 4.47. The highest BCUT2D eigenvalue weighted by Crippen LogP contribution is 2.19. The summed E-state index contributed by atoms with van der Waals surface area (Å²) in [5.74, 6) is 1.04. The van der Waals surface area contributed by atoms with E-state index in [2.05, 4.69) is 66.5 Å². The second-order valence-corrected chi connectivity index (χ2v) is 6.77. The Bertz CT molecular complexity index is 721. The summed E-state index contributed by atoms with van der Waals surface area (Å²) in [6.07, 6.45) is 3.55. The molecule has 2 aromatic rings. The van der Waals surface area contributed by atoms with Gasteiger partial charge < -0.3 is 15.0 Å².